The molecule has 2 rings (SSSR count). The summed E-state index contributed by atoms with van der Waals surface area (Å²) in [7, 11) is 0. The second-order valence-corrected chi connectivity index (χ2v) is 4.74. The van der Waals surface area contributed by atoms with Crippen LogP contribution in [0.4, 0.5) is 0 Å². The van der Waals surface area contributed by atoms with Crippen molar-refractivity contribution in [3.8, 4) is 10.7 Å². The maximum absolute atomic E-state index is 5.95. The van der Waals surface area contributed by atoms with Crippen molar-refractivity contribution in [1.29, 1.82) is 0 Å². The molecule has 0 fully saturated rings. The zero-order valence-corrected chi connectivity index (χ0v) is 10.2. The van der Waals surface area contributed by atoms with Crippen molar-refractivity contribution in [1.82, 2.24) is 10.1 Å². The number of nitrogens with zero attached hydrogens (tertiary/aromatic N) is 2. The van der Waals surface area contributed by atoms with E-state index < -0.39 is 0 Å². The van der Waals surface area contributed by atoms with E-state index in [1.54, 1.807) is 11.3 Å². The van der Waals surface area contributed by atoms with Gasteiger partial charge in [-0.15, -0.1) is 11.3 Å². The largest absolute Gasteiger partial charge is 0.339 e. The molecule has 16 heavy (non-hydrogen) atoms. The fourth-order valence-electron chi connectivity index (χ4n) is 1.46. The second-order valence-electron chi connectivity index (χ2n) is 3.79. The van der Waals surface area contributed by atoms with Crippen LogP contribution in [0.3, 0.4) is 0 Å². The molecule has 0 aliphatic heterocycles. The van der Waals surface area contributed by atoms with Gasteiger partial charge in [0.1, 0.15) is 0 Å². The normalized spacial score (nSPS) is 14.9. The average Bonchev–Trinajstić information content (AvgIpc) is 2.96. The summed E-state index contributed by atoms with van der Waals surface area (Å²) < 4.78 is 5.24. The molecule has 2 N–H and O–H groups in total. The van der Waals surface area contributed by atoms with Crippen LogP contribution in [-0.2, 0) is 0 Å². The Morgan fingerprint density at radius 2 is 2.38 bits per heavy atom. The molecular weight excluding hydrogens is 222 g/mol. The molecule has 0 aliphatic carbocycles. The summed E-state index contributed by atoms with van der Waals surface area (Å²) in [5.74, 6) is 1.38. The number of hydrogen-bond acceptors (Lipinski definition) is 5. The number of nitrogens with two attached hydrogens (primary N) is 1. The van der Waals surface area contributed by atoms with E-state index in [0.717, 1.165) is 11.3 Å². The first-order valence-corrected chi connectivity index (χ1v) is 6.23. The first-order valence-electron chi connectivity index (χ1n) is 5.35. The topological polar surface area (TPSA) is 64.9 Å². The van der Waals surface area contributed by atoms with Gasteiger partial charge in [-0.25, -0.2) is 0 Å². The molecule has 2 heterocycles. The minimum absolute atomic E-state index is 0.0663. The Kier molecular flexibility index (Phi) is 3.36. The van der Waals surface area contributed by atoms with Crippen molar-refractivity contribution >= 4 is 11.3 Å². The Balaban J connectivity index is 2.20. The summed E-state index contributed by atoms with van der Waals surface area (Å²) >= 11 is 1.60. The Morgan fingerprint density at radius 3 is 3.00 bits per heavy atom. The van der Waals surface area contributed by atoms with E-state index in [9.17, 15) is 0 Å². The lowest BCUT2D eigenvalue weighted by Crippen LogP contribution is -2.25. The van der Waals surface area contributed by atoms with Crippen LogP contribution >= 0.6 is 11.3 Å². The van der Waals surface area contributed by atoms with Crippen molar-refractivity contribution < 1.29 is 4.52 Å². The predicted molar refractivity (Wildman–Crippen MR) is 64.3 cm³/mol. The molecule has 0 saturated heterocycles. The average molecular weight is 237 g/mol. The molecule has 2 aromatic heterocycles. The minimum atomic E-state index is 0.0663. The highest BCUT2D eigenvalue weighted by molar-refractivity contribution is 7.13. The molecule has 0 radical (unpaired) electrons. The van der Waals surface area contributed by atoms with Gasteiger partial charge in [0.25, 0.3) is 0 Å². The molecule has 0 spiro atoms. The van der Waals surface area contributed by atoms with Crippen LogP contribution in [0.2, 0.25) is 0 Å². The molecule has 0 amide bonds. The number of rotatable bonds is 4. The van der Waals surface area contributed by atoms with Crippen molar-refractivity contribution in [3.63, 3.8) is 0 Å². The smallest absolute Gasteiger partial charge is 0.231 e. The quantitative estimate of drug-likeness (QED) is 0.887. The van der Waals surface area contributed by atoms with Crippen LogP contribution in [0.25, 0.3) is 10.7 Å². The monoisotopic (exact) mass is 237 g/mol. The van der Waals surface area contributed by atoms with Gasteiger partial charge in [0.2, 0.25) is 11.7 Å². The van der Waals surface area contributed by atoms with Gasteiger partial charge in [-0.3, -0.25) is 0 Å². The maximum Gasteiger partial charge on any atom is 0.231 e. The van der Waals surface area contributed by atoms with E-state index in [1.807, 2.05) is 24.4 Å². The lowest BCUT2D eigenvalue weighted by atomic mass is 10.0. The lowest BCUT2D eigenvalue weighted by molar-refractivity contribution is 0.340. The third-order valence-corrected chi connectivity index (χ3v) is 3.55. The highest BCUT2D eigenvalue weighted by atomic mass is 32.1. The first kappa shape index (κ1) is 11.3. The molecule has 2 aromatic rings. The maximum atomic E-state index is 5.95. The molecule has 4 nitrogen and oxygen atoms in total. The Labute approximate surface area is 98.5 Å². The van der Waals surface area contributed by atoms with Crippen LogP contribution < -0.4 is 5.73 Å². The summed E-state index contributed by atoms with van der Waals surface area (Å²) in [6.45, 7) is 4.07. The van der Waals surface area contributed by atoms with Gasteiger partial charge in [0, 0.05) is 6.04 Å². The molecule has 0 bridgehead atoms. The standard InChI is InChI=1S/C11H15N3OS/c1-3-8(12)7(2)11-13-10(14-15-11)9-5-4-6-16-9/h4-8H,3,12H2,1-2H3. The van der Waals surface area contributed by atoms with Crippen molar-refractivity contribution in [3.05, 3.63) is 23.4 Å². The van der Waals surface area contributed by atoms with Gasteiger partial charge in [0.05, 0.1) is 10.8 Å². The van der Waals surface area contributed by atoms with E-state index in [0.29, 0.717) is 11.7 Å². The molecule has 0 saturated carbocycles. The Bertz CT molecular complexity index is 438. The third kappa shape index (κ3) is 2.15. The van der Waals surface area contributed by atoms with Crippen molar-refractivity contribution in [2.75, 3.05) is 0 Å². The van der Waals surface area contributed by atoms with Crippen LogP contribution in [0.5, 0.6) is 0 Å². The second kappa shape index (κ2) is 4.76. The molecule has 0 aromatic carbocycles. The van der Waals surface area contributed by atoms with Gasteiger partial charge >= 0.3 is 0 Å². The predicted octanol–water partition coefficient (Wildman–Crippen LogP) is 2.64. The fourth-order valence-corrected chi connectivity index (χ4v) is 2.11. The van der Waals surface area contributed by atoms with E-state index in [-0.39, 0.29) is 12.0 Å². The molecule has 86 valence electrons. The van der Waals surface area contributed by atoms with Crippen LogP contribution in [0.1, 0.15) is 32.1 Å². The highest BCUT2D eigenvalue weighted by Gasteiger charge is 2.20. The summed E-state index contributed by atoms with van der Waals surface area (Å²) in [4.78, 5) is 5.39. The Morgan fingerprint density at radius 1 is 1.56 bits per heavy atom. The van der Waals surface area contributed by atoms with Crippen molar-refractivity contribution in [2.45, 2.75) is 32.2 Å². The minimum Gasteiger partial charge on any atom is -0.339 e. The highest BCUT2D eigenvalue weighted by Crippen LogP contribution is 2.24. The van der Waals surface area contributed by atoms with E-state index in [1.165, 1.54) is 0 Å². The molecule has 0 aliphatic rings. The zero-order chi connectivity index (χ0) is 11.5. The fraction of sp³-hybridized carbons (Fsp3) is 0.455. The molecule has 5 heteroatoms. The van der Waals surface area contributed by atoms with Crippen molar-refractivity contribution in [2.24, 2.45) is 5.73 Å². The summed E-state index contributed by atoms with van der Waals surface area (Å²) in [6.07, 6.45) is 0.901. The van der Waals surface area contributed by atoms with E-state index >= 15 is 0 Å². The number of thiophene rings is 1. The summed E-state index contributed by atoms with van der Waals surface area (Å²) in [5.41, 5.74) is 5.95. The van der Waals surface area contributed by atoms with Gasteiger partial charge in [-0.2, -0.15) is 4.98 Å². The van der Waals surface area contributed by atoms with Gasteiger partial charge in [-0.1, -0.05) is 25.1 Å². The first-order chi connectivity index (χ1) is 7.72. The van der Waals surface area contributed by atoms with Gasteiger partial charge in [0.15, 0.2) is 0 Å². The molecular formula is C11H15N3OS. The van der Waals surface area contributed by atoms with Gasteiger partial charge < -0.3 is 10.3 Å². The van der Waals surface area contributed by atoms with Crippen LogP contribution in [0, 0.1) is 0 Å². The van der Waals surface area contributed by atoms with Gasteiger partial charge in [-0.05, 0) is 17.9 Å². The summed E-state index contributed by atoms with van der Waals surface area (Å²) in [6, 6.07) is 4.01. The molecule has 2 unspecified atom stereocenters. The van der Waals surface area contributed by atoms with Crippen LogP contribution in [0.15, 0.2) is 22.0 Å². The molecule has 2 atom stereocenters. The Hall–Kier alpha value is -1.20. The zero-order valence-electron chi connectivity index (χ0n) is 9.38. The van der Waals surface area contributed by atoms with Crippen LogP contribution in [-0.4, -0.2) is 16.2 Å². The lowest BCUT2D eigenvalue weighted by Gasteiger charge is -2.13. The summed E-state index contributed by atoms with van der Waals surface area (Å²) in [5, 5.41) is 5.96. The SMILES string of the molecule is CCC(N)C(C)c1nc(-c2cccs2)no1. The third-order valence-electron chi connectivity index (χ3n) is 2.69. The number of hydrogen-bond donors (Lipinski definition) is 1. The van der Waals surface area contributed by atoms with E-state index in [4.69, 9.17) is 10.3 Å². The van der Waals surface area contributed by atoms with E-state index in [2.05, 4.69) is 17.1 Å². The number of aromatic nitrogens is 2.